The van der Waals surface area contributed by atoms with Crippen LogP contribution in [0.4, 0.5) is 0 Å². The molecule has 2 nitrogen and oxygen atoms in total. The van der Waals surface area contributed by atoms with E-state index < -0.39 is 0 Å². The van der Waals surface area contributed by atoms with Crippen LogP contribution in [0.3, 0.4) is 0 Å². The molecule has 0 saturated carbocycles. The molecular weight excluding hydrogens is 400 g/mol. The number of hydrogen-bond donors (Lipinski definition) is 1. The van der Waals surface area contributed by atoms with E-state index in [0.29, 0.717) is 0 Å². The molecule has 2 aliphatic rings. The van der Waals surface area contributed by atoms with Gasteiger partial charge in [0.05, 0.1) is 3.79 Å². The smallest absolute Gasteiger partial charge is 0.0843 e. The Balaban J connectivity index is 1.68. The van der Waals surface area contributed by atoms with E-state index in [9.17, 15) is 0 Å². The summed E-state index contributed by atoms with van der Waals surface area (Å²) in [6.07, 6.45) is 6.69. The summed E-state index contributed by atoms with van der Waals surface area (Å²) in [5, 5.41) is 3.76. The fraction of sp³-hybridized carbons (Fsp3) is 0.733. The summed E-state index contributed by atoms with van der Waals surface area (Å²) in [6, 6.07) is 4.60. The zero-order valence-corrected chi connectivity index (χ0v) is 15.9. The summed E-state index contributed by atoms with van der Waals surface area (Å²) in [5.41, 5.74) is 0. The molecule has 1 N–H and O–H groups in total. The quantitative estimate of drug-likeness (QED) is 0.736. The van der Waals surface area contributed by atoms with Gasteiger partial charge in [0.1, 0.15) is 0 Å². The van der Waals surface area contributed by atoms with Crippen molar-refractivity contribution in [3.8, 4) is 0 Å². The van der Waals surface area contributed by atoms with Gasteiger partial charge in [-0.2, -0.15) is 0 Å². The molecule has 0 aliphatic carbocycles. The Morgan fingerprint density at radius 3 is 2.55 bits per heavy atom. The number of nitrogens with one attached hydrogen (secondary N) is 1. The molecule has 1 aromatic rings. The maximum Gasteiger partial charge on any atom is 0.0843 e. The van der Waals surface area contributed by atoms with Crippen LogP contribution >= 0.6 is 43.2 Å². The molecule has 2 aliphatic heterocycles. The summed E-state index contributed by atoms with van der Waals surface area (Å²) in [5.74, 6) is 0. The minimum Gasteiger partial charge on any atom is -0.311 e. The number of halogens is 2. The van der Waals surface area contributed by atoms with Gasteiger partial charge in [0.15, 0.2) is 0 Å². The lowest BCUT2D eigenvalue weighted by molar-refractivity contribution is 0.135. The van der Waals surface area contributed by atoms with E-state index in [1.165, 1.54) is 51.8 Å². The Morgan fingerprint density at radius 2 is 2.00 bits per heavy atom. The zero-order valence-electron chi connectivity index (χ0n) is 11.9. The standard InChI is InChI=1S/C15H22Br2N2S/c1-2-5-19(9-13-8-14(16)15(17)20-13)12-6-10-3-4-11(7-12)18-10/h8,10-12,18H,2-7,9H2,1H3. The molecule has 0 aromatic carbocycles. The lowest BCUT2D eigenvalue weighted by atomic mass is 9.98. The summed E-state index contributed by atoms with van der Waals surface area (Å²) in [7, 11) is 0. The van der Waals surface area contributed by atoms with Crippen LogP contribution in [0.1, 0.15) is 43.9 Å². The molecule has 0 radical (unpaired) electrons. The minimum atomic E-state index is 0.772. The molecule has 2 unspecified atom stereocenters. The van der Waals surface area contributed by atoms with Gasteiger partial charge in [-0.3, -0.25) is 4.90 Å². The second-order valence-corrected chi connectivity index (χ2v) is 9.38. The molecule has 1 aromatic heterocycles. The third-order valence-electron chi connectivity index (χ3n) is 4.53. The predicted molar refractivity (Wildman–Crippen MR) is 93.4 cm³/mol. The van der Waals surface area contributed by atoms with Crippen molar-refractivity contribution in [2.24, 2.45) is 0 Å². The summed E-state index contributed by atoms with van der Waals surface area (Å²) in [6.45, 7) is 4.62. The largest absolute Gasteiger partial charge is 0.311 e. The third-order valence-corrected chi connectivity index (χ3v) is 7.77. The predicted octanol–water partition coefficient (Wildman–Crippen LogP) is 4.77. The summed E-state index contributed by atoms with van der Waals surface area (Å²) < 4.78 is 2.41. The lowest BCUT2D eigenvalue weighted by Crippen LogP contribution is -2.48. The van der Waals surface area contributed by atoms with Gasteiger partial charge < -0.3 is 5.32 Å². The molecule has 2 fully saturated rings. The molecular formula is C15H22Br2N2S. The van der Waals surface area contributed by atoms with E-state index in [2.05, 4.69) is 55.1 Å². The number of rotatable bonds is 5. The van der Waals surface area contributed by atoms with Crippen molar-refractivity contribution in [3.63, 3.8) is 0 Å². The highest BCUT2D eigenvalue weighted by Gasteiger charge is 2.35. The van der Waals surface area contributed by atoms with Gasteiger partial charge in [-0.15, -0.1) is 11.3 Å². The molecule has 20 heavy (non-hydrogen) atoms. The van der Waals surface area contributed by atoms with E-state index >= 15 is 0 Å². The topological polar surface area (TPSA) is 15.3 Å². The Bertz CT molecular complexity index is 431. The van der Waals surface area contributed by atoms with E-state index in [0.717, 1.165) is 24.7 Å². The molecule has 2 saturated heterocycles. The Hall–Kier alpha value is 0.580. The van der Waals surface area contributed by atoms with Crippen LogP contribution in [0.5, 0.6) is 0 Å². The second-order valence-electron chi connectivity index (χ2n) is 6.07. The van der Waals surface area contributed by atoms with Gasteiger partial charge in [-0.05, 0) is 76.6 Å². The monoisotopic (exact) mass is 420 g/mol. The maximum atomic E-state index is 3.76. The van der Waals surface area contributed by atoms with Crippen molar-refractivity contribution in [2.45, 2.75) is 63.7 Å². The molecule has 0 amide bonds. The van der Waals surface area contributed by atoms with Crippen molar-refractivity contribution in [3.05, 3.63) is 19.2 Å². The van der Waals surface area contributed by atoms with Crippen molar-refractivity contribution in [2.75, 3.05) is 6.54 Å². The first-order valence-electron chi connectivity index (χ1n) is 7.59. The normalized spacial score (nSPS) is 29.3. The average molecular weight is 422 g/mol. The fourth-order valence-electron chi connectivity index (χ4n) is 3.67. The van der Waals surface area contributed by atoms with Crippen molar-refractivity contribution in [1.29, 1.82) is 0 Å². The number of hydrogen-bond acceptors (Lipinski definition) is 3. The first-order chi connectivity index (χ1) is 9.65. The van der Waals surface area contributed by atoms with Crippen LogP contribution in [0, 0.1) is 0 Å². The van der Waals surface area contributed by atoms with Crippen LogP contribution in [0.15, 0.2) is 14.3 Å². The highest BCUT2D eigenvalue weighted by atomic mass is 79.9. The average Bonchev–Trinajstić information content (AvgIpc) is 2.92. The SMILES string of the molecule is CCCN(Cc1cc(Br)c(Br)s1)C1CC2CCC(C1)N2. The van der Waals surface area contributed by atoms with Gasteiger partial charge in [0, 0.05) is 34.0 Å². The van der Waals surface area contributed by atoms with Gasteiger partial charge in [-0.1, -0.05) is 6.92 Å². The van der Waals surface area contributed by atoms with Crippen molar-refractivity contribution >= 4 is 43.2 Å². The first-order valence-corrected chi connectivity index (χ1v) is 9.99. The fourth-order valence-corrected chi connectivity index (χ4v) is 5.88. The van der Waals surface area contributed by atoms with E-state index in [4.69, 9.17) is 0 Å². The van der Waals surface area contributed by atoms with Crippen LogP contribution in [0.2, 0.25) is 0 Å². The van der Waals surface area contributed by atoms with Gasteiger partial charge >= 0.3 is 0 Å². The maximum absolute atomic E-state index is 3.76. The summed E-state index contributed by atoms with van der Waals surface area (Å²) in [4.78, 5) is 4.18. The van der Waals surface area contributed by atoms with E-state index in [-0.39, 0.29) is 0 Å². The van der Waals surface area contributed by atoms with Crippen LogP contribution in [-0.2, 0) is 6.54 Å². The van der Waals surface area contributed by atoms with E-state index in [1.54, 1.807) is 0 Å². The molecule has 3 rings (SSSR count). The second kappa shape index (κ2) is 6.78. The zero-order chi connectivity index (χ0) is 14.1. The lowest BCUT2D eigenvalue weighted by Gasteiger charge is -2.37. The number of piperidine rings is 1. The number of nitrogens with zero attached hydrogens (tertiary/aromatic N) is 1. The number of thiophene rings is 1. The number of fused-ring (bicyclic) bond motifs is 2. The Kier molecular flexibility index (Phi) is 5.24. The summed E-state index contributed by atoms with van der Waals surface area (Å²) >= 11 is 9.08. The van der Waals surface area contributed by atoms with Crippen molar-refractivity contribution in [1.82, 2.24) is 10.2 Å². The first kappa shape index (κ1) is 15.5. The van der Waals surface area contributed by atoms with E-state index in [1.807, 2.05) is 11.3 Å². The molecule has 3 heterocycles. The molecule has 0 spiro atoms. The van der Waals surface area contributed by atoms with Gasteiger partial charge in [0.2, 0.25) is 0 Å². The van der Waals surface area contributed by atoms with Crippen LogP contribution in [-0.4, -0.2) is 29.6 Å². The molecule has 5 heteroatoms. The van der Waals surface area contributed by atoms with Gasteiger partial charge in [0.25, 0.3) is 0 Å². The highest BCUT2D eigenvalue weighted by Crippen LogP contribution is 2.35. The molecule has 2 bridgehead atoms. The highest BCUT2D eigenvalue weighted by molar-refractivity contribution is 9.13. The molecule has 112 valence electrons. The van der Waals surface area contributed by atoms with Crippen LogP contribution in [0.25, 0.3) is 0 Å². The van der Waals surface area contributed by atoms with Crippen LogP contribution < -0.4 is 5.32 Å². The Morgan fingerprint density at radius 1 is 1.30 bits per heavy atom. The third kappa shape index (κ3) is 3.49. The minimum absolute atomic E-state index is 0.772. The van der Waals surface area contributed by atoms with Crippen molar-refractivity contribution < 1.29 is 0 Å². The Labute approximate surface area is 142 Å². The van der Waals surface area contributed by atoms with Gasteiger partial charge in [-0.25, -0.2) is 0 Å². The molecule has 2 atom stereocenters.